The highest BCUT2D eigenvalue weighted by Gasteiger charge is 2.26. The van der Waals surface area contributed by atoms with Crippen molar-refractivity contribution in [1.29, 1.82) is 0 Å². The van der Waals surface area contributed by atoms with Crippen molar-refractivity contribution in [3.63, 3.8) is 0 Å². The summed E-state index contributed by atoms with van der Waals surface area (Å²) in [4.78, 5) is 30.7. The lowest BCUT2D eigenvalue weighted by Gasteiger charge is -2.17. The molecular weight excluding hydrogens is 328 g/mol. The third-order valence-electron chi connectivity index (χ3n) is 4.42. The van der Waals surface area contributed by atoms with Crippen molar-refractivity contribution in [3.05, 3.63) is 60.7 Å². The zero-order valence-corrected chi connectivity index (χ0v) is 14.3. The van der Waals surface area contributed by atoms with Crippen LogP contribution in [0.15, 0.2) is 55.0 Å². The van der Waals surface area contributed by atoms with Gasteiger partial charge in [-0.1, -0.05) is 6.07 Å². The highest BCUT2D eigenvalue weighted by Crippen LogP contribution is 2.20. The number of aromatic nitrogens is 4. The molecule has 7 heteroatoms. The smallest absolute Gasteiger partial charge is 0.226 e. The van der Waals surface area contributed by atoms with E-state index >= 15 is 0 Å². The van der Waals surface area contributed by atoms with Gasteiger partial charge in [-0.05, 0) is 36.8 Å². The topological polar surface area (TPSA) is 86.8 Å². The Morgan fingerprint density at radius 3 is 2.96 bits per heavy atom. The second-order valence-corrected chi connectivity index (χ2v) is 6.32. The predicted octanol–water partition coefficient (Wildman–Crippen LogP) is 1.80. The Morgan fingerprint density at radius 2 is 2.15 bits per heavy atom. The summed E-state index contributed by atoms with van der Waals surface area (Å²) in [6.45, 7) is 1.53. The third-order valence-corrected chi connectivity index (χ3v) is 4.42. The summed E-state index contributed by atoms with van der Waals surface area (Å²) in [5.74, 6) is 0.690. The average molecular weight is 348 g/mol. The highest BCUT2D eigenvalue weighted by atomic mass is 16.1. The van der Waals surface area contributed by atoms with Gasteiger partial charge in [-0.25, -0.2) is 9.97 Å². The molecule has 1 aliphatic heterocycles. The Morgan fingerprint density at radius 1 is 1.19 bits per heavy atom. The second-order valence-electron chi connectivity index (χ2n) is 6.32. The molecule has 3 aromatic heterocycles. The van der Waals surface area contributed by atoms with E-state index in [1.165, 1.54) is 0 Å². The van der Waals surface area contributed by atoms with Crippen molar-refractivity contribution in [2.45, 2.75) is 18.9 Å². The first-order valence-electron chi connectivity index (χ1n) is 8.69. The molecule has 1 amide bonds. The van der Waals surface area contributed by atoms with Crippen LogP contribution in [0.3, 0.4) is 0 Å². The number of hydrogen-bond acceptors (Lipinski definition) is 5. The van der Waals surface area contributed by atoms with Gasteiger partial charge in [0.1, 0.15) is 0 Å². The minimum atomic E-state index is -0.00314. The van der Waals surface area contributed by atoms with Gasteiger partial charge >= 0.3 is 0 Å². The molecule has 1 atom stereocenters. The number of rotatable bonds is 5. The molecular formula is C19H20N6O. The SMILES string of the molecule is O=C(Cc1ccccn1)NC1CCN(c2nccc(-c3ccc[nH]3)n2)C1. The maximum Gasteiger partial charge on any atom is 0.226 e. The number of carbonyl (C=O) groups is 1. The maximum absolute atomic E-state index is 12.2. The molecule has 0 spiro atoms. The molecule has 132 valence electrons. The van der Waals surface area contributed by atoms with Crippen molar-refractivity contribution < 1.29 is 4.79 Å². The Bertz CT molecular complexity index is 865. The fourth-order valence-electron chi connectivity index (χ4n) is 3.15. The summed E-state index contributed by atoms with van der Waals surface area (Å²) in [7, 11) is 0. The molecule has 0 radical (unpaired) electrons. The summed E-state index contributed by atoms with van der Waals surface area (Å²) < 4.78 is 0. The van der Waals surface area contributed by atoms with Crippen molar-refractivity contribution in [2.24, 2.45) is 0 Å². The Hall–Kier alpha value is -3.22. The number of pyridine rings is 1. The van der Waals surface area contributed by atoms with Crippen molar-refractivity contribution >= 4 is 11.9 Å². The molecule has 3 aromatic rings. The van der Waals surface area contributed by atoms with Crippen LogP contribution < -0.4 is 10.2 Å². The Labute approximate surface area is 151 Å². The van der Waals surface area contributed by atoms with Gasteiger partial charge in [0.15, 0.2) is 0 Å². The molecule has 1 unspecified atom stereocenters. The van der Waals surface area contributed by atoms with E-state index in [-0.39, 0.29) is 11.9 Å². The van der Waals surface area contributed by atoms with E-state index in [2.05, 4.69) is 30.2 Å². The number of aromatic amines is 1. The number of amides is 1. The lowest BCUT2D eigenvalue weighted by Crippen LogP contribution is -2.38. The van der Waals surface area contributed by atoms with Gasteiger partial charge < -0.3 is 15.2 Å². The first kappa shape index (κ1) is 16.3. The summed E-state index contributed by atoms with van der Waals surface area (Å²) in [6.07, 6.45) is 6.53. The second kappa shape index (κ2) is 7.35. The number of anilines is 1. The first-order chi connectivity index (χ1) is 12.8. The normalized spacial score (nSPS) is 16.6. The molecule has 7 nitrogen and oxygen atoms in total. The minimum absolute atomic E-state index is 0.00314. The number of H-pyrrole nitrogens is 1. The average Bonchev–Trinajstić information content (AvgIpc) is 3.35. The highest BCUT2D eigenvalue weighted by molar-refractivity contribution is 5.78. The van der Waals surface area contributed by atoms with Crippen LogP contribution in [0.25, 0.3) is 11.4 Å². The van der Waals surface area contributed by atoms with E-state index in [1.807, 2.05) is 42.6 Å². The number of hydrogen-bond donors (Lipinski definition) is 2. The van der Waals surface area contributed by atoms with Gasteiger partial charge in [-0.15, -0.1) is 0 Å². The van der Waals surface area contributed by atoms with Crippen molar-refractivity contribution in [1.82, 2.24) is 25.3 Å². The Balaban J connectivity index is 1.36. The van der Waals surface area contributed by atoms with Crippen LogP contribution in [0.4, 0.5) is 5.95 Å². The molecule has 26 heavy (non-hydrogen) atoms. The van der Waals surface area contributed by atoms with Crippen LogP contribution in [0.2, 0.25) is 0 Å². The number of nitrogens with one attached hydrogen (secondary N) is 2. The summed E-state index contributed by atoms with van der Waals surface area (Å²) in [6, 6.07) is 11.5. The largest absolute Gasteiger partial charge is 0.360 e. The minimum Gasteiger partial charge on any atom is -0.360 e. The van der Waals surface area contributed by atoms with Crippen LogP contribution in [0.5, 0.6) is 0 Å². The molecule has 1 saturated heterocycles. The maximum atomic E-state index is 12.2. The van der Waals surface area contributed by atoms with Crippen molar-refractivity contribution in [2.75, 3.05) is 18.0 Å². The zero-order valence-electron chi connectivity index (χ0n) is 14.3. The lowest BCUT2D eigenvalue weighted by atomic mass is 10.2. The van der Waals surface area contributed by atoms with Crippen LogP contribution in [0, 0.1) is 0 Å². The fourth-order valence-corrected chi connectivity index (χ4v) is 3.15. The standard InChI is InChI=1S/C19H20N6O/c26-18(12-14-4-1-2-8-20-14)23-15-7-11-25(13-15)19-22-10-6-17(24-19)16-5-3-9-21-16/h1-6,8-10,15,21H,7,11-13H2,(H,23,26). The Kier molecular flexibility index (Phi) is 4.59. The molecule has 4 rings (SSSR count). The molecule has 0 aliphatic carbocycles. The van der Waals surface area contributed by atoms with Gasteiger partial charge in [0, 0.05) is 43.4 Å². The van der Waals surface area contributed by atoms with Gasteiger partial charge in [-0.2, -0.15) is 0 Å². The molecule has 0 aromatic carbocycles. The monoisotopic (exact) mass is 348 g/mol. The number of nitrogens with zero attached hydrogens (tertiary/aromatic N) is 4. The molecule has 1 aliphatic rings. The van der Waals surface area contributed by atoms with Crippen molar-refractivity contribution in [3.8, 4) is 11.4 Å². The van der Waals surface area contributed by atoms with Crippen LogP contribution >= 0.6 is 0 Å². The quantitative estimate of drug-likeness (QED) is 0.734. The summed E-state index contributed by atoms with van der Waals surface area (Å²) in [5, 5.41) is 3.09. The van der Waals surface area contributed by atoms with E-state index in [0.29, 0.717) is 18.9 Å². The van der Waals surface area contributed by atoms with E-state index in [9.17, 15) is 4.79 Å². The fraction of sp³-hybridized carbons (Fsp3) is 0.263. The van der Waals surface area contributed by atoms with Gasteiger partial charge in [-0.3, -0.25) is 9.78 Å². The van der Waals surface area contributed by atoms with E-state index in [4.69, 9.17) is 0 Å². The molecule has 0 saturated carbocycles. The number of carbonyl (C=O) groups excluding carboxylic acids is 1. The van der Waals surface area contributed by atoms with E-state index < -0.39 is 0 Å². The van der Waals surface area contributed by atoms with Gasteiger partial charge in [0.25, 0.3) is 0 Å². The molecule has 4 heterocycles. The van der Waals surface area contributed by atoms with Crippen LogP contribution in [-0.4, -0.2) is 45.0 Å². The zero-order chi connectivity index (χ0) is 17.8. The predicted molar refractivity (Wildman–Crippen MR) is 98.5 cm³/mol. The van der Waals surface area contributed by atoms with E-state index in [0.717, 1.165) is 30.0 Å². The molecule has 0 bridgehead atoms. The van der Waals surface area contributed by atoms with E-state index in [1.54, 1.807) is 12.4 Å². The van der Waals surface area contributed by atoms with Crippen LogP contribution in [0.1, 0.15) is 12.1 Å². The molecule has 2 N–H and O–H groups in total. The molecule has 1 fully saturated rings. The van der Waals surface area contributed by atoms with Crippen LogP contribution in [-0.2, 0) is 11.2 Å². The summed E-state index contributed by atoms with van der Waals surface area (Å²) >= 11 is 0. The van der Waals surface area contributed by atoms with Gasteiger partial charge in [0.05, 0.1) is 17.8 Å². The first-order valence-corrected chi connectivity index (χ1v) is 8.69. The summed E-state index contributed by atoms with van der Waals surface area (Å²) in [5.41, 5.74) is 2.61. The van der Waals surface area contributed by atoms with Gasteiger partial charge in [0.2, 0.25) is 11.9 Å². The lowest BCUT2D eigenvalue weighted by molar-refractivity contribution is -0.121. The third kappa shape index (κ3) is 3.72.